The van der Waals surface area contributed by atoms with Gasteiger partial charge in [0, 0.05) is 24.4 Å². The quantitative estimate of drug-likeness (QED) is 0.169. The molecule has 0 aromatic carbocycles. The number of allylic oxidation sites excluding steroid dienone is 2. The van der Waals surface area contributed by atoms with Crippen LogP contribution in [0, 0.1) is 11.3 Å². The van der Waals surface area contributed by atoms with Crippen molar-refractivity contribution in [3.8, 4) is 6.07 Å². The lowest BCUT2D eigenvalue weighted by Crippen LogP contribution is -2.26. The fourth-order valence-electron chi connectivity index (χ4n) is 4.91. The molecule has 1 amide bonds. The highest BCUT2D eigenvalue weighted by Crippen LogP contribution is 2.33. The van der Waals surface area contributed by atoms with Gasteiger partial charge >= 0.3 is 0 Å². The molecule has 0 bridgehead atoms. The minimum Gasteiger partial charge on any atom is -0.310 e. The van der Waals surface area contributed by atoms with Gasteiger partial charge in [0.2, 0.25) is 5.91 Å². The molecule has 8 heteroatoms. The summed E-state index contributed by atoms with van der Waals surface area (Å²) in [4.78, 5) is 35.0. The van der Waals surface area contributed by atoms with Crippen LogP contribution in [0.1, 0.15) is 108 Å². The van der Waals surface area contributed by atoms with Crippen molar-refractivity contribution in [3.63, 3.8) is 0 Å². The normalized spacial score (nSPS) is 12.4. The summed E-state index contributed by atoms with van der Waals surface area (Å²) in [5.74, 6) is 0.396. The zero-order chi connectivity index (χ0) is 27.2. The molecule has 0 atom stereocenters. The number of thioether (sulfide) groups is 1. The maximum atomic E-state index is 13.2. The van der Waals surface area contributed by atoms with Gasteiger partial charge in [0.25, 0.3) is 5.56 Å². The van der Waals surface area contributed by atoms with E-state index in [1.165, 1.54) is 80.5 Å². The molecule has 0 unspecified atom stereocenters. The van der Waals surface area contributed by atoms with Crippen molar-refractivity contribution in [1.29, 1.82) is 5.26 Å². The molecule has 3 rings (SSSR count). The zero-order valence-electron chi connectivity index (χ0n) is 22.9. The number of aromatic nitrogens is 3. The lowest BCUT2D eigenvalue weighted by atomic mass is 10.0. The van der Waals surface area contributed by atoms with Crippen LogP contribution >= 0.6 is 11.8 Å². The van der Waals surface area contributed by atoms with Gasteiger partial charge in [-0.25, -0.2) is 4.98 Å². The van der Waals surface area contributed by atoms with Gasteiger partial charge in [-0.05, 0) is 24.3 Å². The number of hydrogen-bond donors (Lipinski definition) is 1. The molecular weight excluding hydrogens is 494 g/mol. The van der Waals surface area contributed by atoms with E-state index < -0.39 is 0 Å². The summed E-state index contributed by atoms with van der Waals surface area (Å²) >= 11 is 1.26. The van der Waals surface area contributed by atoms with Crippen LogP contribution in [0.2, 0.25) is 0 Å². The number of carbonyl (C=O) groups excluding carboxylic acids is 1. The van der Waals surface area contributed by atoms with Gasteiger partial charge in [-0.15, -0.1) is 11.8 Å². The summed E-state index contributed by atoms with van der Waals surface area (Å²) in [6.45, 7) is 2.52. The third-order valence-electron chi connectivity index (χ3n) is 7.06. The molecule has 3 heterocycles. The van der Waals surface area contributed by atoms with E-state index in [0.29, 0.717) is 28.3 Å². The van der Waals surface area contributed by atoms with Crippen LogP contribution in [0.15, 0.2) is 34.2 Å². The predicted molar refractivity (Wildman–Crippen MR) is 156 cm³/mol. The standard InChI is InChI=1S/C30H41N5O2S/c1-3-4-5-6-7-8-9-10-11-12-13-14-15-18-26(36)33-28-27(38-2)30(37)35-22-25(23-17-16-19-32-21-23)24(20-31)29(35)34-28/h16-17,19,21H,3-15,18,22H2,1-2H3,(H,33,36). The summed E-state index contributed by atoms with van der Waals surface area (Å²) < 4.78 is 1.51. The number of nitrogens with one attached hydrogen (secondary N) is 1. The van der Waals surface area contributed by atoms with Gasteiger partial charge in [-0.3, -0.25) is 19.1 Å². The second-order valence-corrected chi connectivity index (χ2v) is 10.8. The van der Waals surface area contributed by atoms with E-state index >= 15 is 0 Å². The number of unbranched alkanes of at least 4 members (excludes halogenated alkanes) is 12. The first-order chi connectivity index (χ1) is 18.6. The Kier molecular flexibility index (Phi) is 12.6. The zero-order valence-corrected chi connectivity index (χ0v) is 23.7. The highest BCUT2D eigenvalue weighted by Gasteiger charge is 2.28. The first-order valence-electron chi connectivity index (χ1n) is 14.1. The van der Waals surface area contributed by atoms with E-state index in [9.17, 15) is 14.9 Å². The summed E-state index contributed by atoms with van der Waals surface area (Å²) in [6.07, 6.45) is 21.8. The first-order valence-corrected chi connectivity index (χ1v) is 15.4. The number of anilines is 1. The Morgan fingerprint density at radius 1 is 1.05 bits per heavy atom. The molecule has 0 saturated heterocycles. The van der Waals surface area contributed by atoms with Crippen molar-refractivity contribution in [1.82, 2.24) is 14.5 Å². The molecule has 38 heavy (non-hydrogen) atoms. The Balaban J connectivity index is 1.46. The highest BCUT2D eigenvalue weighted by molar-refractivity contribution is 7.98. The molecule has 1 N–H and O–H groups in total. The third kappa shape index (κ3) is 8.29. The lowest BCUT2D eigenvalue weighted by Gasteiger charge is -2.12. The first kappa shape index (κ1) is 29.6. The lowest BCUT2D eigenvalue weighted by molar-refractivity contribution is -0.116. The Morgan fingerprint density at radius 3 is 2.24 bits per heavy atom. The van der Waals surface area contributed by atoms with Crippen molar-refractivity contribution >= 4 is 34.6 Å². The van der Waals surface area contributed by atoms with Crippen molar-refractivity contribution < 1.29 is 4.79 Å². The fourth-order valence-corrected chi connectivity index (χ4v) is 5.48. The second-order valence-electron chi connectivity index (χ2n) is 9.96. The number of nitrogens with zero attached hydrogens (tertiary/aromatic N) is 4. The van der Waals surface area contributed by atoms with E-state index in [-0.39, 0.29) is 23.8 Å². The Bertz CT molecular complexity index is 1180. The fraction of sp³-hybridized carbons (Fsp3) is 0.567. The number of pyridine rings is 1. The molecule has 0 radical (unpaired) electrons. The molecule has 0 aliphatic carbocycles. The predicted octanol–water partition coefficient (Wildman–Crippen LogP) is 7.23. The highest BCUT2D eigenvalue weighted by atomic mass is 32.2. The van der Waals surface area contributed by atoms with Crippen molar-refractivity contribution in [2.75, 3.05) is 11.6 Å². The molecule has 0 fully saturated rings. The molecule has 204 valence electrons. The van der Waals surface area contributed by atoms with E-state index in [1.54, 1.807) is 24.7 Å². The number of amides is 1. The average molecular weight is 536 g/mol. The summed E-state index contributed by atoms with van der Waals surface area (Å²) in [5.41, 5.74) is 1.60. The van der Waals surface area contributed by atoms with Crippen LogP contribution in [0.4, 0.5) is 5.82 Å². The van der Waals surface area contributed by atoms with Crippen LogP contribution < -0.4 is 10.9 Å². The molecule has 0 spiro atoms. The molecule has 7 nitrogen and oxygen atoms in total. The Hall–Kier alpha value is -2.92. The minimum absolute atomic E-state index is 0.145. The van der Waals surface area contributed by atoms with Crippen LogP contribution in [0.25, 0.3) is 11.1 Å². The molecule has 0 saturated carbocycles. The van der Waals surface area contributed by atoms with Crippen molar-refractivity contribution in [3.05, 3.63) is 46.3 Å². The van der Waals surface area contributed by atoms with Gasteiger partial charge in [0.05, 0.1) is 6.54 Å². The van der Waals surface area contributed by atoms with Gasteiger partial charge in [0.15, 0.2) is 11.6 Å². The SMILES string of the molecule is CCCCCCCCCCCCCCCC(=O)Nc1nc2n(c(=O)c1SC)CC(c1cccnc1)=C2C#N. The molecular formula is C30H41N5O2S. The van der Waals surface area contributed by atoms with E-state index in [2.05, 4.69) is 28.3 Å². The van der Waals surface area contributed by atoms with Crippen LogP contribution in [-0.2, 0) is 11.3 Å². The Labute approximate surface area is 231 Å². The van der Waals surface area contributed by atoms with Crippen molar-refractivity contribution in [2.24, 2.45) is 0 Å². The van der Waals surface area contributed by atoms with Crippen LogP contribution in [-0.4, -0.2) is 26.7 Å². The van der Waals surface area contributed by atoms with Gasteiger partial charge in [-0.1, -0.05) is 90.0 Å². The maximum absolute atomic E-state index is 13.2. The summed E-state index contributed by atoms with van der Waals surface area (Å²) in [5, 5.41) is 12.7. The van der Waals surface area contributed by atoms with Crippen LogP contribution in [0.5, 0.6) is 0 Å². The molecule has 1 aliphatic rings. The number of hydrogen-bond acceptors (Lipinski definition) is 6. The number of fused-ring (bicyclic) bond motifs is 1. The van der Waals surface area contributed by atoms with Crippen molar-refractivity contribution in [2.45, 2.75) is 108 Å². The van der Waals surface area contributed by atoms with E-state index in [1.807, 2.05) is 6.07 Å². The monoisotopic (exact) mass is 535 g/mol. The van der Waals surface area contributed by atoms with E-state index in [0.717, 1.165) is 24.8 Å². The summed E-state index contributed by atoms with van der Waals surface area (Å²) in [7, 11) is 0. The molecule has 1 aliphatic heterocycles. The maximum Gasteiger partial charge on any atom is 0.269 e. The smallest absolute Gasteiger partial charge is 0.269 e. The molecule has 2 aromatic heterocycles. The topological polar surface area (TPSA) is 101 Å². The van der Waals surface area contributed by atoms with Gasteiger partial charge in [-0.2, -0.15) is 5.26 Å². The number of rotatable bonds is 17. The third-order valence-corrected chi connectivity index (χ3v) is 7.84. The minimum atomic E-state index is -0.245. The van der Waals surface area contributed by atoms with Crippen LogP contribution in [0.3, 0.4) is 0 Å². The second kappa shape index (κ2) is 16.1. The Morgan fingerprint density at radius 2 is 1.68 bits per heavy atom. The van der Waals surface area contributed by atoms with Gasteiger partial charge < -0.3 is 5.32 Å². The van der Waals surface area contributed by atoms with Gasteiger partial charge in [0.1, 0.15) is 16.5 Å². The number of nitriles is 1. The largest absolute Gasteiger partial charge is 0.310 e. The summed E-state index contributed by atoms with van der Waals surface area (Å²) in [6, 6.07) is 5.87. The molecule has 2 aromatic rings. The average Bonchev–Trinajstić information content (AvgIpc) is 3.31. The number of carbonyl (C=O) groups is 1. The van der Waals surface area contributed by atoms with E-state index in [4.69, 9.17) is 0 Å².